The minimum atomic E-state index is -0.361. The van der Waals surface area contributed by atoms with Crippen LogP contribution in [-0.2, 0) is 7.05 Å². The van der Waals surface area contributed by atoms with E-state index in [4.69, 9.17) is 17.0 Å². The zero-order valence-corrected chi connectivity index (χ0v) is 13.5. The zero-order chi connectivity index (χ0) is 15.4. The van der Waals surface area contributed by atoms with Crippen molar-refractivity contribution in [3.8, 4) is 5.75 Å². The second-order valence-corrected chi connectivity index (χ2v) is 5.12. The fraction of sp³-hybridized carbons (Fsp3) is 0.182. The number of thiocarbonyl (C=S) groups is 1. The van der Waals surface area contributed by atoms with Crippen LogP contribution < -0.4 is 15.4 Å². The van der Waals surface area contributed by atoms with Crippen LogP contribution in [0.25, 0.3) is 0 Å². The molecule has 0 radical (unpaired) electrons. The first-order valence-electron chi connectivity index (χ1n) is 5.69. The Balaban J connectivity index is 2.00. The minimum absolute atomic E-state index is 0.0833. The van der Waals surface area contributed by atoms with Crippen LogP contribution in [0.15, 0.2) is 22.7 Å². The van der Waals surface area contributed by atoms with Gasteiger partial charge in [0.2, 0.25) is 0 Å². The van der Waals surface area contributed by atoms with Crippen LogP contribution in [0.5, 0.6) is 5.75 Å². The highest BCUT2D eigenvalue weighted by Crippen LogP contribution is 2.25. The van der Waals surface area contributed by atoms with Gasteiger partial charge in [-0.1, -0.05) is 5.10 Å². The summed E-state index contributed by atoms with van der Waals surface area (Å²) in [6, 6.07) is 4.94. The van der Waals surface area contributed by atoms with E-state index in [2.05, 4.69) is 42.0 Å². The van der Waals surface area contributed by atoms with Crippen LogP contribution in [0.2, 0.25) is 0 Å². The van der Waals surface area contributed by atoms with Crippen LogP contribution in [-0.4, -0.2) is 38.3 Å². The molecular formula is C11H11BrN6O2S. The third kappa shape index (κ3) is 3.95. The van der Waals surface area contributed by atoms with E-state index in [1.165, 1.54) is 4.80 Å². The Hall–Kier alpha value is -2.07. The molecule has 0 spiro atoms. The van der Waals surface area contributed by atoms with Gasteiger partial charge in [0.05, 0.1) is 18.6 Å². The maximum atomic E-state index is 12.0. The summed E-state index contributed by atoms with van der Waals surface area (Å²) in [5.41, 5.74) is 0.430. The average Bonchev–Trinajstić information content (AvgIpc) is 2.83. The molecule has 0 bridgehead atoms. The fourth-order valence-corrected chi connectivity index (χ4v) is 2.17. The quantitative estimate of drug-likeness (QED) is 0.781. The van der Waals surface area contributed by atoms with E-state index in [1.54, 1.807) is 32.4 Å². The number of carbonyl (C=O) groups is 1. The summed E-state index contributed by atoms with van der Waals surface area (Å²) in [5, 5.41) is 16.5. The number of benzene rings is 1. The van der Waals surface area contributed by atoms with Crippen molar-refractivity contribution >= 4 is 45.1 Å². The van der Waals surface area contributed by atoms with Crippen molar-refractivity contribution in [1.29, 1.82) is 0 Å². The number of anilines is 1. The largest absolute Gasteiger partial charge is 0.496 e. The van der Waals surface area contributed by atoms with E-state index >= 15 is 0 Å². The molecule has 0 saturated heterocycles. The summed E-state index contributed by atoms with van der Waals surface area (Å²) in [4.78, 5) is 13.3. The predicted octanol–water partition coefficient (Wildman–Crippen LogP) is 1.11. The molecule has 1 heterocycles. The molecule has 110 valence electrons. The summed E-state index contributed by atoms with van der Waals surface area (Å²) in [7, 11) is 3.17. The smallest absolute Gasteiger partial charge is 0.269 e. The highest BCUT2D eigenvalue weighted by Gasteiger charge is 2.11. The highest BCUT2D eigenvalue weighted by molar-refractivity contribution is 9.10. The van der Waals surface area contributed by atoms with Gasteiger partial charge in [-0.25, -0.2) is 0 Å². The number of halogens is 1. The van der Waals surface area contributed by atoms with Gasteiger partial charge in [-0.05, 0) is 51.6 Å². The highest BCUT2D eigenvalue weighted by atomic mass is 79.9. The van der Waals surface area contributed by atoms with E-state index in [0.29, 0.717) is 15.8 Å². The Bertz CT molecular complexity index is 689. The number of carbonyl (C=O) groups excluding carboxylic acids is 1. The summed E-state index contributed by atoms with van der Waals surface area (Å²) >= 11 is 8.32. The number of amides is 1. The van der Waals surface area contributed by atoms with Crippen molar-refractivity contribution in [1.82, 2.24) is 25.5 Å². The molecule has 2 N–H and O–H groups in total. The third-order valence-corrected chi connectivity index (χ3v) is 3.20. The van der Waals surface area contributed by atoms with Crippen LogP contribution in [0.3, 0.4) is 0 Å². The summed E-state index contributed by atoms with van der Waals surface area (Å²) in [6.07, 6.45) is 0. The number of aryl methyl sites for hydroxylation is 1. The van der Waals surface area contributed by atoms with Gasteiger partial charge in [-0.15, -0.1) is 5.10 Å². The summed E-state index contributed by atoms with van der Waals surface area (Å²) in [6.45, 7) is 0. The van der Waals surface area contributed by atoms with E-state index in [1.807, 2.05) is 0 Å². The molecule has 0 saturated carbocycles. The molecular weight excluding hydrogens is 360 g/mol. The van der Waals surface area contributed by atoms with Crippen molar-refractivity contribution in [2.75, 3.05) is 12.4 Å². The third-order valence-electron chi connectivity index (χ3n) is 2.37. The molecule has 1 aromatic carbocycles. The van der Waals surface area contributed by atoms with Gasteiger partial charge >= 0.3 is 0 Å². The predicted molar refractivity (Wildman–Crippen MR) is 83.2 cm³/mol. The number of methoxy groups -OCH3 is 1. The van der Waals surface area contributed by atoms with Gasteiger partial charge < -0.3 is 4.74 Å². The van der Waals surface area contributed by atoms with E-state index in [9.17, 15) is 4.79 Å². The maximum absolute atomic E-state index is 12.0. The normalized spacial score (nSPS) is 10.0. The zero-order valence-electron chi connectivity index (χ0n) is 11.1. The Morgan fingerprint density at radius 1 is 1.48 bits per heavy atom. The number of ether oxygens (including phenoxy) is 1. The molecule has 0 atom stereocenters. The standard InChI is InChI=1S/C11H11BrN6O2S/c1-18-16-10(15-17-18)14-11(21)13-9(19)6-3-4-8(20-2)7(12)5-6/h3-5H,1-2H3,(H2,13,14,16,19,21). The maximum Gasteiger partial charge on any atom is 0.269 e. The lowest BCUT2D eigenvalue weighted by molar-refractivity contribution is 0.0977. The Morgan fingerprint density at radius 2 is 2.24 bits per heavy atom. The number of hydrogen-bond acceptors (Lipinski definition) is 6. The van der Waals surface area contributed by atoms with E-state index in [-0.39, 0.29) is 17.0 Å². The molecule has 21 heavy (non-hydrogen) atoms. The van der Waals surface area contributed by atoms with E-state index < -0.39 is 0 Å². The van der Waals surface area contributed by atoms with Crippen LogP contribution in [0.4, 0.5) is 5.95 Å². The number of nitrogens with one attached hydrogen (secondary N) is 2. The molecule has 0 unspecified atom stereocenters. The molecule has 0 fully saturated rings. The first-order chi connectivity index (χ1) is 9.99. The number of tetrazole rings is 1. The van der Waals surface area contributed by atoms with Gasteiger partial charge in [0.15, 0.2) is 5.11 Å². The molecule has 2 rings (SSSR count). The number of rotatable bonds is 3. The van der Waals surface area contributed by atoms with Crippen molar-refractivity contribution in [2.45, 2.75) is 0 Å². The molecule has 1 aromatic heterocycles. The molecule has 8 nitrogen and oxygen atoms in total. The van der Waals surface area contributed by atoms with Gasteiger partial charge in [-0.2, -0.15) is 4.80 Å². The number of nitrogens with zero attached hydrogens (tertiary/aromatic N) is 4. The number of aromatic nitrogens is 4. The van der Waals surface area contributed by atoms with Gasteiger partial charge in [0.1, 0.15) is 5.75 Å². The molecule has 1 amide bonds. The summed E-state index contributed by atoms with van der Waals surface area (Å²) in [5.74, 6) is 0.481. The topological polar surface area (TPSA) is 94.0 Å². The molecule has 0 aliphatic rings. The lowest BCUT2D eigenvalue weighted by Crippen LogP contribution is -2.34. The van der Waals surface area contributed by atoms with Crippen molar-refractivity contribution in [2.24, 2.45) is 7.05 Å². The molecule has 10 heteroatoms. The van der Waals surface area contributed by atoms with Gasteiger partial charge in [0, 0.05) is 5.56 Å². The lowest BCUT2D eigenvalue weighted by atomic mass is 10.2. The second-order valence-electron chi connectivity index (χ2n) is 3.86. The van der Waals surface area contributed by atoms with E-state index in [0.717, 1.165) is 0 Å². The van der Waals surface area contributed by atoms with Crippen LogP contribution in [0.1, 0.15) is 10.4 Å². The van der Waals surface area contributed by atoms with Crippen LogP contribution in [0, 0.1) is 0 Å². The average molecular weight is 371 g/mol. The first kappa shape index (κ1) is 15.3. The molecule has 0 aliphatic heterocycles. The molecule has 2 aromatic rings. The lowest BCUT2D eigenvalue weighted by Gasteiger charge is -2.08. The Kier molecular flexibility index (Phi) is 4.81. The summed E-state index contributed by atoms with van der Waals surface area (Å²) < 4.78 is 5.77. The minimum Gasteiger partial charge on any atom is -0.496 e. The number of hydrogen-bond donors (Lipinski definition) is 2. The van der Waals surface area contributed by atoms with Crippen molar-refractivity contribution in [3.63, 3.8) is 0 Å². The van der Waals surface area contributed by atoms with Gasteiger partial charge in [-0.3, -0.25) is 15.4 Å². The second kappa shape index (κ2) is 6.59. The van der Waals surface area contributed by atoms with Crippen LogP contribution >= 0.6 is 28.1 Å². The fourth-order valence-electron chi connectivity index (χ4n) is 1.45. The SMILES string of the molecule is COc1ccc(C(=O)NC(=S)Nc2nnn(C)n2)cc1Br. The Morgan fingerprint density at radius 3 is 2.81 bits per heavy atom. The van der Waals surface area contributed by atoms with Gasteiger partial charge in [0.25, 0.3) is 11.9 Å². The van der Waals surface area contributed by atoms with Crippen molar-refractivity contribution in [3.05, 3.63) is 28.2 Å². The monoisotopic (exact) mass is 370 g/mol. The van der Waals surface area contributed by atoms with Crippen molar-refractivity contribution < 1.29 is 9.53 Å². The molecule has 0 aliphatic carbocycles. The Labute approximate surface area is 134 Å². The first-order valence-corrected chi connectivity index (χ1v) is 6.89.